The summed E-state index contributed by atoms with van der Waals surface area (Å²) < 4.78 is 2.73. The van der Waals surface area contributed by atoms with Crippen molar-refractivity contribution < 1.29 is 0 Å². The fraction of sp³-hybridized carbons (Fsp3) is 0.333. The van der Waals surface area contributed by atoms with Gasteiger partial charge < -0.3 is 0 Å². The van der Waals surface area contributed by atoms with Crippen molar-refractivity contribution in [3.8, 4) is 0 Å². The molecule has 0 atom stereocenters. The van der Waals surface area contributed by atoms with Crippen LogP contribution in [-0.2, 0) is 13.0 Å². The summed E-state index contributed by atoms with van der Waals surface area (Å²) in [7, 11) is 0. The van der Waals surface area contributed by atoms with E-state index in [0.29, 0.717) is 0 Å². The van der Waals surface area contributed by atoms with Crippen LogP contribution in [0, 0.1) is 3.57 Å². The summed E-state index contributed by atoms with van der Waals surface area (Å²) in [5.41, 5.74) is 3.02. The molecule has 1 aromatic rings. The molecule has 0 amide bonds. The maximum atomic E-state index is 3.39. The van der Waals surface area contributed by atoms with Gasteiger partial charge in [-0.3, -0.25) is 0 Å². The van der Waals surface area contributed by atoms with Gasteiger partial charge in [-0.25, -0.2) is 0 Å². The minimum atomic E-state index is 1.04. The Kier molecular flexibility index (Phi) is 2.78. The summed E-state index contributed by atoms with van der Waals surface area (Å²) in [4.78, 5) is 0. The summed E-state index contributed by atoms with van der Waals surface area (Å²) >= 11 is 5.04. The van der Waals surface area contributed by atoms with Gasteiger partial charge >= 0.3 is 95.5 Å². The first kappa shape index (κ1) is 9.04. The van der Waals surface area contributed by atoms with Crippen LogP contribution in [0.5, 0.6) is 0 Å². The Morgan fingerprint density at radius 1 is 1.42 bits per heavy atom. The van der Waals surface area contributed by atoms with Crippen LogP contribution in [0.2, 0.25) is 0 Å². The van der Waals surface area contributed by atoms with Crippen molar-refractivity contribution in [3.63, 3.8) is 0 Å². The predicted molar refractivity (Wildman–Crippen MR) is 60.0 cm³/mol. The second-order valence-electron chi connectivity index (χ2n) is 2.99. The Morgan fingerprint density at radius 2 is 2.25 bits per heavy atom. The van der Waals surface area contributed by atoms with Gasteiger partial charge in [0.1, 0.15) is 0 Å². The molecule has 2 radical (unpaired) electrons. The molecule has 1 aliphatic heterocycles. The van der Waals surface area contributed by atoms with Crippen LogP contribution in [-0.4, -0.2) is 23.4 Å². The molecular formula is C9H9AsIN. The molecule has 12 heavy (non-hydrogen) atoms. The molecule has 0 unspecified atom stereocenters. The number of fused-ring (bicyclic) bond motifs is 1. The van der Waals surface area contributed by atoms with Gasteiger partial charge in [-0.15, -0.1) is 0 Å². The monoisotopic (exact) mass is 333 g/mol. The third-order valence-corrected chi connectivity index (χ3v) is 3.64. The molecular weight excluding hydrogens is 324 g/mol. The van der Waals surface area contributed by atoms with Crippen molar-refractivity contribution in [2.45, 2.75) is 13.0 Å². The number of hydrogen-bond acceptors (Lipinski definition) is 1. The normalized spacial score (nSPS) is 15.8. The van der Waals surface area contributed by atoms with Crippen molar-refractivity contribution in [2.75, 3.05) is 6.54 Å². The van der Waals surface area contributed by atoms with E-state index in [1.54, 1.807) is 5.56 Å². The summed E-state index contributed by atoms with van der Waals surface area (Å²) in [6.07, 6.45) is 1.18. The minimum absolute atomic E-state index is 1.04. The fourth-order valence-electron chi connectivity index (χ4n) is 1.55. The van der Waals surface area contributed by atoms with Crippen LogP contribution in [0.3, 0.4) is 0 Å². The number of nitrogens with one attached hydrogen (secondary N) is 1. The first-order valence-corrected chi connectivity index (χ1v) is 6.00. The third-order valence-electron chi connectivity index (χ3n) is 2.14. The van der Waals surface area contributed by atoms with E-state index < -0.39 is 0 Å². The van der Waals surface area contributed by atoms with Crippen LogP contribution < -0.4 is 9.67 Å². The Hall–Kier alpha value is 0.468. The molecule has 3 heteroatoms. The molecule has 62 valence electrons. The first-order chi connectivity index (χ1) is 5.77. The van der Waals surface area contributed by atoms with E-state index in [4.69, 9.17) is 0 Å². The second-order valence-corrected chi connectivity index (χ2v) is 5.24. The summed E-state index contributed by atoms with van der Waals surface area (Å²) in [6, 6.07) is 4.51. The van der Waals surface area contributed by atoms with Crippen molar-refractivity contribution >= 4 is 43.8 Å². The van der Waals surface area contributed by atoms with Gasteiger partial charge in [0, 0.05) is 0 Å². The van der Waals surface area contributed by atoms with Gasteiger partial charge in [0.05, 0.1) is 0 Å². The average molecular weight is 333 g/mol. The van der Waals surface area contributed by atoms with Crippen LogP contribution in [0.1, 0.15) is 11.1 Å². The number of halogens is 1. The van der Waals surface area contributed by atoms with E-state index in [9.17, 15) is 0 Å². The zero-order valence-electron chi connectivity index (χ0n) is 6.60. The molecule has 0 saturated carbocycles. The number of hydrogen-bond donors (Lipinski definition) is 1. The molecule has 1 aromatic carbocycles. The average Bonchev–Trinajstić information content (AvgIpc) is 2.04. The molecule has 0 aromatic heterocycles. The molecule has 0 saturated heterocycles. The number of benzene rings is 1. The van der Waals surface area contributed by atoms with Gasteiger partial charge in [0.15, 0.2) is 0 Å². The quantitative estimate of drug-likeness (QED) is 0.545. The van der Waals surface area contributed by atoms with E-state index in [-0.39, 0.29) is 0 Å². The summed E-state index contributed by atoms with van der Waals surface area (Å²) in [5, 5.41) is 3.39. The van der Waals surface area contributed by atoms with Crippen molar-refractivity contribution in [1.82, 2.24) is 5.32 Å². The standard InChI is InChI=1S/C9H9AsIN/c10-7-3-6-5-12-2-1-8(6)9(11)4-7/h3-4,12H,1-2,5H2. The van der Waals surface area contributed by atoms with E-state index in [1.165, 1.54) is 19.9 Å². The zero-order chi connectivity index (χ0) is 8.55. The topological polar surface area (TPSA) is 12.0 Å². The van der Waals surface area contributed by atoms with E-state index in [0.717, 1.165) is 13.1 Å². The van der Waals surface area contributed by atoms with Gasteiger partial charge in [0.2, 0.25) is 0 Å². The Morgan fingerprint density at radius 3 is 3.08 bits per heavy atom. The molecule has 2 rings (SSSR count). The van der Waals surface area contributed by atoms with E-state index in [2.05, 4.69) is 56.9 Å². The van der Waals surface area contributed by atoms with Crippen LogP contribution in [0.15, 0.2) is 12.1 Å². The molecule has 1 nitrogen and oxygen atoms in total. The summed E-state index contributed by atoms with van der Waals surface area (Å²) in [5.74, 6) is 0. The third kappa shape index (κ3) is 1.70. The molecule has 0 aliphatic carbocycles. The molecule has 0 fully saturated rings. The Bertz CT molecular complexity index is 312. The van der Waals surface area contributed by atoms with E-state index in [1.807, 2.05) is 0 Å². The molecule has 1 heterocycles. The van der Waals surface area contributed by atoms with Crippen molar-refractivity contribution in [3.05, 3.63) is 26.8 Å². The Labute approximate surface area is 95.0 Å². The van der Waals surface area contributed by atoms with Gasteiger partial charge in [0.25, 0.3) is 0 Å². The molecule has 1 N–H and O–H groups in total. The predicted octanol–water partition coefficient (Wildman–Crippen LogP) is 0.731. The first-order valence-electron chi connectivity index (χ1n) is 3.98. The SMILES string of the molecule is [As]c1cc(I)c2c(c1)CNCC2. The van der Waals surface area contributed by atoms with Crippen LogP contribution in [0.4, 0.5) is 0 Å². The van der Waals surface area contributed by atoms with Gasteiger partial charge in [-0.2, -0.15) is 0 Å². The van der Waals surface area contributed by atoms with Gasteiger partial charge in [-0.1, -0.05) is 0 Å². The molecule has 0 bridgehead atoms. The van der Waals surface area contributed by atoms with E-state index >= 15 is 0 Å². The zero-order valence-corrected chi connectivity index (χ0v) is 10.6. The van der Waals surface area contributed by atoms with Crippen LogP contribution in [0.25, 0.3) is 0 Å². The second kappa shape index (κ2) is 3.68. The maximum absolute atomic E-state index is 3.39. The molecule has 1 aliphatic rings. The van der Waals surface area contributed by atoms with Crippen molar-refractivity contribution in [1.29, 1.82) is 0 Å². The van der Waals surface area contributed by atoms with Crippen LogP contribution >= 0.6 is 22.6 Å². The van der Waals surface area contributed by atoms with Gasteiger partial charge in [-0.05, 0) is 0 Å². The Balaban J connectivity index is 2.53. The summed E-state index contributed by atoms with van der Waals surface area (Å²) in [6.45, 7) is 2.16. The molecule has 0 spiro atoms. The fourth-order valence-corrected chi connectivity index (χ4v) is 3.64. The number of rotatable bonds is 0. The van der Waals surface area contributed by atoms with Crippen molar-refractivity contribution in [2.24, 2.45) is 0 Å².